The molecule has 2 rings (SSSR count). The smallest absolute Gasteiger partial charge is 0.354 e. The zero-order valence-corrected chi connectivity index (χ0v) is 20.9. The largest absolute Gasteiger partial charge is 0.492 e. The number of rotatable bonds is 10. The first kappa shape index (κ1) is 25.2. The van der Waals surface area contributed by atoms with Crippen LogP contribution in [0.5, 0.6) is 5.75 Å². The predicted octanol–water partition coefficient (Wildman–Crippen LogP) is 5.60. The SMILES string of the molecule is COC(=O)c1cc(OCCCO[Si](C)(C)C(C)(C)C)cn1CC(=O)c1cccc(Cl)c1. The van der Waals surface area contributed by atoms with Crippen molar-refractivity contribution in [3.63, 3.8) is 0 Å². The third kappa shape index (κ3) is 6.95. The molecule has 1 aromatic carbocycles. The lowest BCUT2D eigenvalue weighted by molar-refractivity contribution is 0.0588. The Balaban J connectivity index is 2.00. The topological polar surface area (TPSA) is 66.8 Å². The quantitative estimate of drug-likeness (QED) is 0.198. The number of halogens is 1. The molecular formula is C23H32ClNO5Si. The summed E-state index contributed by atoms with van der Waals surface area (Å²) < 4.78 is 18.3. The molecule has 170 valence electrons. The van der Waals surface area contributed by atoms with Crippen LogP contribution in [-0.4, -0.2) is 45.0 Å². The van der Waals surface area contributed by atoms with Crippen molar-refractivity contribution in [1.29, 1.82) is 0 Å². The van der Waals surface area contributed by atoms with Crippen LogP contribution in [-0.2, 0) is 15.7 Å². The first-order chi connectivity index (χ1) is 14.4. The van der Waals surface area contributed by atoms with Gasteiger partial charge in [0.1, 0.15) is 11.4 Å². The van der Waals surface area contributed by atoms with Gasteiger partial charge < -0.3 is 18.5 Å². The van der Waals surface area contributed by atoms with Gasteiger partial charge in [-0.15, -0.1) is 0 Å². The number of aromatic nitrogens is 1. The van der Waals surface area contributed by atoms with Gasteiger partial charge in [-0.2, -0.15) is 0 Å². The molecule has 0 aliphatic rings. The van der Waals surface area contributed by atoms with Gasteiger partial charge in [-0.25, -0.2) is 4.79 Å². The number of esters is 1. The summed E-state index contributed by atoms with van der Waals surface area (Å²) in [6.07, 6.45) is 2.37. The van der Waals surface area contributed by atoms with E-state index in [9.17, 15) is 9.59 Å². The van der Waals surface area contributed by atoms with Crippen LogP contribution >= 0.6 is 11.6 Å². The maximum absolute atomic E-state index is 12.6. The van der Waals surface area contributed by atoms with E-state index >= 15 is 0 Å². The van der Waals surface area contributed by atoms with Gasteiger partial charge in [0.05, 0.1) is 20.3 Å². The minimum atomic E-state index is -1.78. The maximum atomic E-state index is 12.6. The molecule has 1 aromatic heterocycles. The fourth-order valence-corrected chi connectivity index (χ4v) is 3.95. The number of nitrogens with zero attached hydrogens (tertiary/aromatic N) is 1. The zero-order valence-electron chi connectivity index (χ0n) is 19.2. The van der Waals surface area contributed by atoms with Crippen molar-refractivity contribution < 1.29 is 23.5 Å². The number of carbonyl (C=O) groups is 2. The highest BCUT2D eigenvalue weighted by Crippen LogP contribution is 2.36. The Morgan fingerprint density at radius 2 is 1.84 bits per heavy atom. The van der Waals surface area contributed by atoms with Gasteiger partial charge in [-0.05, 0) is 30.3 Å². The summed E-state index contributed by atoms with van der Waals surface area (Å²) in [7, 11) is -0.479. The lowest BCUT2D eigenvalue weighted by Crippen LogP contribution is -2.41. The molecule has 2 aromatic rings. The van der Waals surface area contributed by atoms with Crippen molar-refractivity contribution in [2.24, 2.45) is 0 Å². The second-order valence-electron chi connectivity index (χ2n) is 8.92. The van der Waals surface area contributed by atoms with Crippen LogP contribution in [0.1, 0.15) is 48.0 Å². The van der Waals surface area contributed by atoms with Gasteiger partial charge in [-0.3, -0.25) is 4.79 Å². The minimum absolute atomic E-state index is 0.0252. The highest BCUT2D eigenvalue weighted by molar-refractivity contribution is 6.74. The average Bonchev–Trinajstić information content (AvgIpc) is 3.08. The molecule has 0 radical (unpaired) electrons. The highest BCUT2D eigenvalue weighted by atomic mass is 35.5. The molecule has 0 atom stereocenters. The van der Waals surface area contributed by atoms with Crippen molar-refractivity contribution in [2.45, 2.75) is 51.9 Å². The van der Waals surface area contributed by atoms with Crippen molar-refractivity contribution in [2.75, 3.05) is 20.3 Å². The lowest BCUT2D eigenvalue weighted by atomic mass is 10.1. The van der Waals surface area contributed by atoms with E-state index in [2.05, 4.69) is 33.9 Å². The van der Waals surface area contributed by atoms with Crippen molar-refractivity contribution in [1.82, 2.24) is 4.57 Å². The number of carbonyl (C=O) groups excluding carboxylic acids is 2. The summed E-state index contributed by atoms with van der Waals surface area (Å²) in [5, 5.41) is 0.645. The molecule has 0 amide bonds. The number of hydrogen-bond acceptors (Lipinski definition) is 5. The van der Waals surface area contributed by atoms with E-state index in [-0.39, 0.29) is 23.1 Å². The fourth-order valence-electron chi connectivity index (χ4n) is 2.67. The Hall–Kier alpha value is -2.09. The molecule has 0 N–H and O–H groups in total. The molecule has 0 aliphatic heterocycles. The van der Waals surface area contributed by atoms with Crippen LogP contribution in [0.15, 0.2) is 36.5 Å². The Morgan fingerprint density at radius 1 is 1.13 bits per heavy atom. The van der Waals surface area contributed by atoms with Crippen LogP contribution in [0, 0.1) is 0 Å². The number of ketones is 1. The third-order valence-electron chi connectivity index (χ3n) is 5.55. The zero-order chi connectivity index (χ0) is 23.2. The van der Waals surface area contributed by atoms with E-state index in [1.165, 1.54) is 11.7 Å². The van der Waals surface area contributed by atoms with Crippen molar-refractivity contribution in [3.05, 3.63) is 52.8 Å². The number of hydrogen-bond donors (Lipinski definition) is 0. The normalized spacial score (nSPS) is 12.0. The predicted molar refractivity (Wildman–Crippen MR) is 125 cm³/mol. The average molecular weight is 466 g/mol. The summed E-state index contributed by atoms with van der Waals surface area (Å²) >= 11 is 5.98. The standard InChI is InChI=1S/C23H32ClNO5Si/c1-23(2,3)31(5,6)30-12-8-11-29-19-14-20(22(27)28-4)25(15-19)16-21(26)17-9-7-10-18(24)13-17/h7,9-10,13-15H,8,11-12,16H2,1-6H3. The summed E-state index contributed by atoms with van der Waals surface area (Å²) in [4.78, 5) is 24.8. The van der Waals surface area contributed by atoms with Crippen molar-refractivity contribution >= 4 is 31.7 Å². The Bertz CT molecular complexity index is 917. The second-order valence-corrected chi connectivity index (χ2v) is 14.2. The molecular weight excluding hydrogens is 434 g/mol. The number of ether oxygens (including phenoxy) is 2. The summed E-state index contributed by atoms with van der Waals surface area (Å²) in [6.45, 7) is 12.1. The van der Waals surface area contributed by atoms with E-state index in [4.69, 9.17) is 25.5 Å². The molecule has 31 heavy (non-hydrogen) atoms. The van der Waals surface area contributed by atoms with Gasteiger partial charge in [0, 0.05) is 35.9 Å². The van der Waals surface area contributed by atoms with Crippen LogP contribution in [0.4, 0.5) is 0 Å². The molecule has 0 fully saturated rings. The molecule has 8 heteroatoms. The molecule has 0 spiro atoms. The summed E-state index contributed by atoms with van der Waals surface area (Å²) in [6, 6.07) is 8.30. The van der Waals surface area contributed by atoms with Crippen LogP contribution in [0.25, 0.3) is 0 Å². The molecule has 1 heterocycles. The second kappa shape index (κ2) is 10.5. The minimum Gasteiger partial charge on any atom is -0.492 e. The van der Waals surface area contributed by atoms with E-state index in [0.29, 0.717) is 29.5 Å². The highest BCUT2D eigenvalue weighted by Gasteiger charge is 2.36. The first-order valence-electron chi connectivity index (χ1n) is 10.3. The Kier molecular flexibility index (Phi) is 8.51. The monoisotopic (exact) mass is 465 g/mol. The Morgan fingerprint density at radius 3 is 2.45 bits per heavy atom. The summed E-state index contributed by atoms with van der Waals surface area (Å²) in [5.41, 5.74) is 0.729. The summed E-state index contributed by atoms with van der Waals surface area (Å²) in [5.74, 6) is -0.195. The van der Waals surface area contributed by atoms with Crippen LogP contribution in [0.2, 0.25) is 23.2 Å². The van der Waals surface area contributed by atoms with Gasteiger partial charge >= 0.3 is 5.97 Å². The van der Waals surface area contributed by atoms with Gasteiger partial charge in [0.2, 0.25) is 0 Å². The molecule has 0 saturated carbocycles. The first-order valence-corrected chi connectivity index (χ1v) is 13.6. The van der Waals surface area contributed by atoms with E-state index < -0.39 is 14.3 Å². The lowest BCUT2D eigenvalue weighted by Gasteiger charge is -2.36. The van der Waals surface area contributed by atoms with Crippen LogP contribution in [0.3, 0.4) is 0 Å². The number of methoxy groups -OCH3 is 1. The van der Waals surface area contributed by atoms with Gasteiger partial charge in [-0.1, -0.05) is 44.5 Å². The molecule has 0 bridgehead atoms. The van der Waals surface area contributed by atoms with Crippen molar-refractivity contribution in [3.8, 4) is 5.75 Å². The number of Topliss-reactive ketones (excluding diaryl/α,β-unsaturated/α-hetero) is 1. The van der Waals surface area contributed by atoms with Gasteiger partial charge in [0.25, 0.3) is 0 Å². The van der Waals surface area contributed by atoms with E-state index in [0.717, 1.165) is 6.42 Å². The molecule has 0 unspecified atom stereocenters. The maximum Gasteiger partial charge on any atom is 0.354 e. The third-order valence-corrected chi connectivity index (χ3v) is 10.3. The molecule has 6 nitrogen and oxygen atoms in total. The fraction of sp³-hybridized carbons (Fsp3) is 0.478. The van der Waals surface area contributed by atoms with E-state index in [1.807, 2.05) is 0 Å². The van der Waals surface area contributed by atoms with Crippen LogP contribution < -0.4 is 4.74 Å². The number of benzene rings is 1. The molecule has 0 aliphatic carbocycles. The Labute approximate surface area is 190 Å². The van der Waals surface area contributed by atoms with Gasteiger partial charge in [0.15, 0.2) is 14.1 Å². The van der Waals surface area contributed by atoms with E-state index in [1.54, 1.807) is 36.5 Å². The molecule has 0 saturated heterocycles.